The van der Waals surface area contributed by atoms with Crippen LogP contribution >= 0.6 is 0 Å². The molecule has 0 aromatic heterocycles. The van der Waals surface area contributed by atoms with Crippen LogP contribution in [0.1, 0.15) is 94.2 Å². The average Bonchev–Trinajstić information content (AvgIpc) is 2.74. The predicted octanol–water partition coefficient (Wildman–Crippen LogP) is 7.12. The molecule has 0 saturated heterocycles. The lowest BCUT2D eigenvalue weighted by Crippen LogP contribution is -2.36. The number of aliphatic hydroxyl groups is 2. The summed E-state index contributed by atoms with van der Waals surface area (Å²) >= 11 is 0. The molecule has 0 amide bonds. The predicted molar refractivity (Wildman–Crippen MR) is 154 cm³/mol. The number of allylic oxidation sites excluding steroid dienone is 4. The summed E-state index contributed by atoms with van der Waals surface area (Å²) in [6, 6.07) is 7.18. The number of carbonyl (C=O) groups is 2. The Kier molecular flexibility index (Phi) is 7.10. The number of rotatable bonds is 2. The van der Waals surface area contributed by atoms with Gasteiger partial charge in [-0.2, -0.15) is 0 Å². The number of benzene rings is 1. The number of hydrogen-bond donors (Lipinski definition) is 2. The molecule has 2 N–H and O–H groups in total. The first kappa shape index (κ1) is 30.0. The summed E-state index contributed by atoms with van der Waals surface area (Å²) in [5.41, 5.74) is -1.18. The molecular weight excluding hydrogens is 472 g/mol. The van der Waals surface area contributed by atoms with Crippen LogP contribution in [0.5, 0.6) is 0 Å². The van der Waals surface area contributed by atoms with Gasteiger partial charge in [-0.3, -0.25) is 9.59 Å². The maximum Gasteiger partial charge on any atom is 0.185 e. The first-order valence-electron chi connectivity index (χ1n) is 13.5. The topological polar surface area (TPSA) is 74.6 Å². The molecule has 2 aliphatic rings. The highest BCUT2D eigenvalue weighted by molar-refractivity contribution is 6.11. The van der Waals surface area contributed by atoms with Gasteiger partial charge in [0.15, 0.2) is 11.6 Å². The Morgan fingerprint density at radius 1 is 0.447 bits per heavy atom. The molecule has 1 aromatic rings. The summed E-state index contributed by atoms with van der Waals surface area (Å²) in [5.74, 6) is -0.0701. The molecule has 4 nitrogen and oxygen atoms in total. The molecular formula is C34H46O4. The molecule has 38 heavy (non-hydrogen) atoms. The molecule has 0 unspecified atom stereocenters. The third kappa shape index (κ3) is 5.58. The van der Waals surface area contributed by atoms with E-state index in [1.807, 2.05) is 83.1 Å². The van der Waals surface area contributed by atoms with E-state index in [-0.39, 0.29) is 11.6 Å². The van der Waals surface area contributed by atoms with Crippen molar-refractivity contribution in [3.05, 3.63) is 82.0 Å². The normalized spacial score (nSPS) is 20.5. The van der Waals surface area contributed by atoms with Crippen molar-refractivity contribution in [2.75, 3.05) is 0 Å². The largest absolute Gasteiger partial charge is 0.377 e. The second-order valence-electron chi connectivity index (χ2n) is 15.1. The van der Waals surface area contributed by atoms with E-state index in [1.165, 1.54) is 0 Å². The van der Waals surface area contributed by atoms with Gasteiger partial charge < -0.3 is 10.2 Å². The quantitative estimate of drug-likeness (QED) is 0.437. The van der Waals surface area contributed by atoms with E-state index in [0.29, 0.717) is 33.4 Å². The second-order valence-corrected chi connectivity index (χ2v) is 15.1. The van der Waals surface area contributed by atoms with Gasteiger partial charge in [0.25, 0.3) is 0 Å². The van der Waals surface area contributed by atoms with E-state index in [4.69, 9.17) is 0 Å². The smallest absolute Gasteiger partial charge is 0.185 e. The summed E-state index contributed by atoms with van der Waals surface area (Å²) < 4.78 is 0. The van der Waals surface area contributed by atoms with Gasteiger partial charge in [-0.05, 0) is 57.1 Å². The Hall–Kier alpha value is -2.56. The molecule has 0 saturated carbocycles. The first-order chi connectivity index (χ1) is 16.9. The molecule has 0 bridgehead atoms. The van der Waals surface area contributed by atoms with Crippen LogP contribution < -0.4 is 0 Å². The van der Waals surface area contributed by atoms with Gasteiger partial charge in [-0.25, -0.2) is 0 Å². The molecule has 1 aromatic carbocycles. The van der Waals surface area contributed by atoms with Gasteiger partial charge in [0.2, 0.25) is 0 Å². The van der Waals surface area contributed by atoms with Crippen molar-refractivity contribution in [1.82, 2.24) is 0 Å². The molecule has 0 atom stereocenters. The van der Waals surface area contributed by atoms with Crippen molar-refractivity contribution in [1.29, 1.82) is 0 Å². The van der Waals surface area contributed by atoms with Crippen LogP contribution in [0.4, 0.5) is 0 Å². The van der Waals surface area contributed by atoms with Gasteiger partial charge >= 0.3 is 0 Å². The number of hydrogen-bond acceptors (Lipinski definition) is 4. The van der Waals surface area contributed by atoms with E-state index in [0.717, 1.165) is 0 Å². The third-order valence-electron chi connectivity index (χ3n) is 7.48. The van der Waals surface area contributed by atoms with Gasteiger partial charge in [-0.15, -0.1) is 0 Å². The van der Waals surface area contributed by atoms with Crippen molar-refractivity contribution in [2.45, 2.75) is 94.3 Å². The van der Waals surface area contributed by atoms with E-state index in [2.05, 4.69) is 0 Å². The Balaban J connectivity index is 2.18. The van der Waals surface area contributed by atoms with Gasteiger partial charge in [0.05, 0.1) is 0 Å². The summed E-state index contributed by atoms with van der Waals surface area (Å²) in [6.45, 7) is 23.7. The van der Waals surface area contributed by atoms with Crippen LogP contribution in [0.2, 0.25) is 0 Å². The van der Waals surface area contributed by atoms with Crippen LogP contribution in [0.15, 0.2) is 70.9 Å². The molecule has 3 rings (SSSR count). The van der Waals surface area contributed by atoms with Crippen molar-refractivity contribution in [2.24, 2.45) is 21.7 Å². The molecule has 0 radical (unpaired) electrons. The number of Topliss-reactive ketones (excluding diaryl/α,β-unsaturated/α-hetero) is 2. The Morgan fingerprint density at radius 3 is 0.789 bits per heavy atom. The molecule has 0 spiro atoms. The molecule has 0 aliphatic heterocycles. The molecule has 206 valence electrons. The second kappa shape index (κ2) is 8.99. The molecule has 2 aliphatic carbocycles. The standard InChI is InChI=1S/C34H46O4/c1-29(2,3)23-17-33(37,18-24(27(23)35)30(4,5)6)21-13-15-22(16-14-21)34(38)19-25(31(7,8)9)28(36)26(20-34)32(10,11)12/h13-20,37-38H,1-12H3. The SMILES string of the molecule is CC(C)(C)C1=CC(O)(c2ccc(C3(O)C=C(C(C)(C)C)C(=O)C(C(C)(C)C)=C3)cc2)C=C(C(C)(C)C)C1=O. The minimum Gasteiger partial charge on any atom is -0.377 e. The van der Waals surface area contributed by atoms with Crippen LogP contribution in [0.3, 0.4) is 0 Å². The van der Waals surface area contributed by atoms with Crippen molar-refractivity contribution < 1.29 is 19.8 Å². The average molecular weight is 519 g/mol. The minimum absolute atomic E-state index is 0.0350. The summed E-state index contributed by atoms with van der Waals surface area (Å²) in [6.07, 6.45) is 6.68. The highest BCUT2D eigenvalue weighted by Crippen LogP contribution is 2.46. The van der Waals surface area contributed by atoms with Gasteiger partial charge in [0, 0.05) is 22.3 Å². The lowest BCUT2D eigenvalue weighted by molar-refractivity contribution is -0.115. The van der Waals surface area contributed by atoms with Gasteiger partial charge in [0.1, 0.15) is 11.2 Å². The van der Waals surface area contributed by atoms with E-state index < -0.39 is 32.9 Å². The van der Waals surface area contributed by atoms with Crippen LogP contribution in [0, 0.1) is 21.7 Å². The summed E-state index contributed by atoms with van der Waals surface area (Å²) in [7, 11) is 0. The third-order valence-corrected chi connectivity index (χ3v) is 7.48. The molecule has 4 heteroatoms. The fourth-order valence-electron chi connectivity index (χ4n) is 5.08. The minimum atomic E-state index is -1.47. The Bertz CT molecular complexity index is 1100. The zero-order valence-corrected chi connectivity index (χ0v) is 25.3. The summed E-state index contributed by atoms with van der Waals surface area (Å²) in [4.78, 5) is 26.7. The van der Waals surface area contributed by atoms with Crippen molar-refractivity contribution >= 4 is 11.6 Å². The maximum absolute atomic E-state index is 13.4. The van der Waals surface area contributed by atoms with Gasteiger partial charge in [-0.1, -0.05) is 107 Å². The lowest BCUT2D eigenvalue weighted by atomic mass is 9.68. The van der Waals surface area contributed by atoms with Crippen LogP contribution in [0.25, 0.3) is 0 Å². The monoisotopic (exact) mass is 518 g/mol. The van der Waals surface area contributed by atoms with E-state index >= 15 is 0 Å². The molecule has 0 heterocycles. The van der Waals surface area contributed by atoms with Crippen LogP contribution in [-0.2, 0) is 20.8 Å². The Morgan fingerprint density at radius 2 is 0.632 bits per heavy atom. The zero-order chi connectivity index (χ0) is 29.3. The zero-order valence-electron chi connectivity index (χ0n) is 25.3. The maximum atomic E-state index is 13.4. The highest BCUT2D eigenvalue weighted by atomic mass is 16.3. The number of carbonyl (C=O) groups excluding carboxylic acids is 2. The fourth-order valence-corrected chi connectivity index (χ4v) is 5.08. The lowest BCUT2D eigenvalue weighted by Gasteiger charge is -2.38. The summed E-state index contributed by atoms with van der Waals surface area (Å²) in [5, 5.41) is 23.8. The number of ketones is 2. The van der Waals surface area contributed by atoms with E-state index in [9.17, 15) is 19.8 Å². The van der Waals surface area contributed by atoms with Crippen molar-refractivity contribution in [3.63, 3.8) is 0 Å². The Labute approximate surface area is 229 Å². The van der Waals surface area contributed by atoms with Crippen molar-refractivity contribution in [3.8, 4) is 0 Å². The van der Waals surface area contributed by atoms with Crippen LogP contribution in [-0.4, -0.2) is 21.8 Å². The molecule has 0 fully saturated rings. The van der Waals surface area contributed by atoms with E-state index in [1.54, 1.807) is 48.6 Å². The highest BCUT2D eigenvalue weighted by Gasteiger charge is 2.43. The first-order valence-corrected chi connectivity index (χ1v) is 13.5. The fraction of sp³-hybridized carbons (Fsp3) is 0.529.